The van der Waals surface area contributed by atoms with E-state index in [1.165, 1.54) is 24.3 Å². The number of carbonyl (C=O) groups is 2. The summed E-state index contributed by atoms with van der Waals surface area (Å²) in [5.41, 5.74) is 0.730. The predicted octanol–water partition coefficient (Wildman–Crippen LogP) is 2.08. The minimum Gasteiger partial charge on any atom is -0.336 e. The third-order valence-corrected chi connectivity index (χ3v) is 6.18. The summed E-state index contributed by atoms with van der Waals surface area (Å²) in [6, 6.07) is 14.2. The summed E-state index contributed by atoms with van der Waals surface area (Å²) < 4.78 is 27.3. The Kier molecular flexibility index (Phi) is 5.79. The Bertz CT molecular complexity index is 933. The molecule has 0 atom stereocenters. The number of hydrogen-bond donors (Lipinski definition) is 1. The second kappa shape index (κ2) is 8.08. The number of carbonyl (C=O) groups excluding carboxylic acids is 2. The zero-order valence-corrected chi connectivity index (χ0v) is 15.9. The molecule has 3 rings (SSSR count). The lowest BCUT2D eigenvalue weighted by Gasteiger charge is -2.23. The van der Waals surface area contributed by atoms with Crippen LogP contribution >= 0.6 is 11.6 Å². The fourth-order valence-electron chi connectivity index (χ4n) is 2.71. The van der Waals surface area contributed by atoms with Gasteiger partial charge in [-0.25, -0.2) is 13.2 Å². The molecule has 1 N–H and O–H groups in total. The Balaban J connectivity index is 1.90. The first-order chi connectivity index (χ1) is 12.9. The molecule has 0 bridgehead atoms. The Morgan fingerprint density at radius 1 is 1.11 bits per heavy atom. The van der Waals surface area contributed by atoms with E-state index in [9.17, 15) is 18.0 Å². The molecular formula is C18H18ClN3O4S. The normalized spacial score (nSPS) is 14.4. The minimum absolute atomic E-state index is 0.00694. The van der Waals surface area contributed by atoms with Crippen molar-refractivity contribution >= 4 is 33.6 Å². The Morgan fingerprint density at radius 2 is 1.78 bits per heavy atom. The largest absolute Gasteiger partial charge is 0.336 e. The summed E-state index contributed by atoms with van der Waals surface area (Å²) in [6.07, 6.45) is 0. The van der Waals surface area contributed by atoms with Gasteiger partial charge in [-0.2, -0.15) is 4.31 Å². The van der Waals surface area contributed by atoms with Crippen LogP contribution < -0.4 is 5.32 Å². The summed E-state index contributed by atoms with van der Waals surface area (Å²) in [4.78, 5) is 25.3. The number of hydrogen-bond acceptors (Lipinski definition) is 4. The summed E-state index contributed by atoms with van der Waals surface area (Å²) in [7, 11) is -3.96. The highest BCUT2D eigenvalue weighted by Crippen LogP contribution is 2.21. The van der Waals surface area contributed by atoms with Crippen LogP contribution in [-0.4, -0.2) is 49.2 Å². The molecule has 2 aromatic carbocycles. The fraction of sp³-hybridized carbons (Fsp3) is 0.222. The maximum Gasteiger partial charge on any atom is 0.324 e. The number of rotatable bonds is 6. The summed E-state index contributed by atoms with van der Waals surface area (Å²) in [5, 5.41) is 2.94. The molecule has 1 saturated heterocycles. The third-order valence-electron chi connectivity index (χ3n) is 4.12. The molecule has 1 fully saturated rings. The number of nitrogens with one attached hydrogen (secondary N) is 1. The topological polar surface area (TPSA) is 86.8 Å². The van der Waals surface area contributed by atoms with E-state index in [0.717, 1.165) is 14.8 Å². The lowest BCUT2D eigenvalue weighted by molar-refractivity contribution is -0.127. The van der Waals surface area contributed by atoms with Crippen LogP contribution in [0.2, 0.25) is 5.02 Å². The molecule has 1 heterocycles. The van der Waals surface area contributed by atoms with E-state index in [0.29, 0.717) is 11.6 Å². The first-order valence-electron chi connectivity index (χ1n) is 8.26. The van der Waals surface area contributed by atoms with Crippen LogP contribution in [0, 0.1) is 0 Å². The number of urea groups is 1. The van der Waals surface area contributed by atoms with Crippen LogP contribution in [0.5, 0.6) is 0 Å². The number of nitrogens with zero attached hydrogens (tertiary/aromatic N) is 2. The van der Waals surface area contributed by atoms with Crippen molar-refractivity contribution in [3.63, 3.8) is 0 Å². The van der Waals surface area contributed by atoms with E-state index >= 15 is 0 Å². The molecule has 0 aliphatic carbocycles. The van der Waals surface area contributed by atoms with Gasteiger partial charge in [-0.05, 0) is 29.8 Å². The molecule has 2 aromatic rings. The van der Waals surface area contributed by atoms with Crippen LogP contribution in [-0.2, 0) is 21.4 Å². The van der Waals surface area contributed by atoms with E-state index < -0.39 is 28.5 Å². The first-order valence-corrected chi connectivity index (χ1v) is 10.1. The van der Waals surface area contributed by atoms with E-state index in [2.05, 4.69) is 5.32 Å². The number of amides is 3. The molecule has 0 unspecified atom stereocenters. The van der Waals surface area contributed by atoms with E-state index in [4.69, 9.17) is 11.6 Å². The molecule has 0 spiro atoms. The van der Waals surface area contributed by atoms with Gasteiger partial charge in [-0.3, -0.25) is 9.69 Å². The standard InChI is InChI=1S/C18H18ClN3O4S/c19-15-6-8-16(9-7-15)27(25,26)21(12-14-4-2-1-3-5-14)13-17(23)22-11-10-20-18(22)24/h1-9H,10-13H2,(H,20,24). The van der Waals surface area contributed by atoms with Crippen molar-refractivity contribution in [1.82, 2.24) is 14.5 Å². The average molecular weight is 408 g/mol. The van der Waals surface area contributed by atoms with Crippen LogP contribution in [0.4, 0.5) is 4.79 Å². The molecule has 3 amide bonds. The van der Waals surface area contributed by atoms with Gasteiger partial charge in [0, 0.05) is 24.7 Å². The highest BCUT2D eigenvalue weighted by molar-refractivity contribution is 7.89. The van der Waals surface area contributed by atoms with Crippen molar-refractivity contribution in [3.8, 4) is 0 Å². The van der Waals surface area contributed by atoms with Gasteiger partial charge in [0.05, 0.1) is 11.4 Å². The highest BCUT2D eigenvalue weighted by atomic mass is 35.5. The number of benzene rings is 2. The van der Waals surface area contributed by atoms with Crippen LogP contribution in [0.1, 0.15) is 5.56 Å². The molecule has 0 radical (unpaired) electrons. The van der Waals surface area contributed by atoms with Crippen LogP contribution in [0.15, 0.2) is 59.5 Å². The highest BCUT2D eigenvalue weighted by Gasteiger charge is 2.32. The van der Waals surface area contributed by atoms with Gasteiger partial charge in [-0.15, -0.1) is 0 Å². The van der Waals surface area contributed by atoms with Gasteiger partial charge in [0.25, 0.3) is 0 Å². The SMILES string of the molecule is O=C(CN(Cc1ccccc1)S(=O)(=O)c1ccc(Cl)cc1)N1CCNC1=O. The lowest BCUT2D eigenvalue weighted by Crippen LogP contribution is -2.43. The zero-order valence-electron chi connectivity index (χ0n) is 14.3. The van der Waals surface area contributed by atoms with Gasteiger partial charge < -0.3 is 5.32 Å². The lowest BCUT2D eigenvalue weighted by atomic mass is 10.2. The van der Waals surface area contributed by atoms with Gasteiger partial charge in [0.2, 0.25) is 15.9 Å². The van der Waals surface area contributed by atoms with Crippen molar-refractivity contribution in [1.29, 1.82) is 0 Å². The van der Waals surface area contributed by atoms with E-state index in [1.54, 1.807) is 24.3 Å². The van der Waals surface area contributed by atoms with Crippen molar-refractivity contribution in [2.45, 2.75) is 11.4 Å². The van der Waals surface area contributed by atoms with Gasteiger partial charge in [-0.1, -0.05) is 41.9 Å². The predicted molar refractivity (Wildman–Crippen MR) is 101 cm³/mol. The Hall–Kier alpha value is -2.42. The van der Waals surface area contributed by atoms with E-state index in [-0.39, 0.29) is 18.0 Å². The monoisotopic (exact) mass is 407 g/mol. The van der Waals surface area contributed by atoms with Gasteiger partial charge in [0.15, 0.2) is 0 Å². The smallest absolute Gasteiger partial charge is 0.324 e. The van der Waals surface area contributed by atoms with Gasteiger partial charge in [0.1, 0.15) is 0 Å². The molecule has 0 aromatic heterocycles. The summed E-state index contributed by atoms with van der Waals surface area (Å²) >= 11 is 5.84. The van der Waals surface area contributed by atoms with E-state index in [1.807, 2.05) is 6.07 Å². The van der Waals surface area contributed by atoms with Crippen LogP contribution in [0.3, 0.4) is 0 Å². The second-order valence-electron chi connectivity index (χ2n) is 5.99. The fourth-order valence-corrected chi connectivity index (χ4v) is 4.22. The second-order valence-corrected chi connectivity index (χ2v) is 8.36. The quantitative estimate of drug-likeness (QED) is 0.794. The molecular weight excluding hydrogens is 390 g/mol. The van der Waals surface area contributed by atoms with Crippen molar-refractivity contribution < 1.29 is 18.0 Å². The molecule has 27 heavy (non-hydrogen) atoms. The van der Waals surface area contributed by atoms with Crippen molar-refractivity contribution in [2.75, 3.05) is 19.6 Å². The van der Waals surface area contributed by atoms with Crippen molar-refractivity contribution in [3.05, 3.63) is 65.2 Å². The molecule has 9 heteroatoms. The first kappa shape index (κ1) is 19.3. The molecule has 0 saturated carbocycles. The molecule has 1 aliphatic rings. The van der Waals surface area contributed by atoms with Crippen molar-refractivity contribution in [2.24, 2.45) is 0 Å². The number of imide groups is 1. The maximum absolute atomic E-state index is 13.1. The third kappa shape index (κ3) is 4.47. The zero-order chi connectivity index (χ0) is 19.4. The minimum atomic E-state index is -3.96. The number of sulfonamides is 1. The summed E-state index contributed by atoms with van der Waals surface area (Å²) in [6.45, 7) is 0.144. The Labute approximate surface area is 162 Å². The van der Waals surface area contributed by atoms with Crippen LogP contribution in [0.25, 0.3) is 0 Å². The molecule has 142 valence electrons. The average Bonchev–Trinajstić information content (AvgIpc) is 3.08. The van der Waals surface area contributed by atoms with Gasteiger partial charge >= 0.3 is 6.03 Å². The number of halogens is 1. The molecule has 7 nitrogen and oxygen atoms in total. The maximum atomic E-state index is 13.1. The Morgan fingerprint density at radius 3 is 2.37 bits per heavy atom. The summed E-state index contributed by atoms with van der Waals surface area (Å²) in [5.74, 6) is -0.571. The molecule has 1 aliphatic heterocycles.